The zero-order chi connectivity index (χ0) is 16.7. The van der Waals surface area contributed by atoms with E-state index in [2.05, 4.69) is 10.6 Å². The van der Waals surface area contributed by atoms with Gasteiger partial charge in [-0.15, -0.1) is 0 Å². The van der Waals surface area contributed by atoms with Crippen LogP contribution in [0.2, 0.25) is 0 Å². The van der Waals surface area contributed by atoms with Crippen molar-refractivity contribution in [2.45, 2.75) is 58.3 Å². The Morgan fingerprint density at radius 1 is 1.39 bits per heavy atom. The zero-order valence-corrected chi connectivity index (χ0v) is 14.0. The van der Waals surface area contributed by atoms with Crippen molar-refractivity contribution < 1.29 is 14.6 Å². The summed E-state index contributed by atoms with van der Waals surface area (Å²) in [7, 11) is 0. The van der Waals surface area contributed by atoms with Crippen LogP contribution < -0.4 is 10.6 Å². The van der Waals surface area contributed by atoms with E-state index in [1.165, 1.54) is 0 Å². The third kappa shape index (κ3) is 6.59. The molecule has 0 bridgehead atoms. The summed E-state index contributed by atoms with van der Waals surface area (Å²) in [6, 6.07) is 7.47. The van der Waals surface area contributed by atoms with Crippen LogP contribution >= 0.6 is 0 Å². The summed E-state index contributed by atoms with van der Waals surface area (Å²) in [5.74, 6) is 0.371. The minimum atomic E-state index is -0.212. The molecule has 0 heterocycles. The number of anilines is 1. The molecule has 2 amide bonds. The van der Waals surface area contributed by atoms with Gasteiger partial charge in [0.25, 0.3) is 0 Å². The van der Waals surface area contributed by atoms with Crippen molar-refractivity contribution in [2.24, 2.45) is 5.92 Å². The third-order valence-electron chi connectivity index (χ3n) is 4.07. The average molecular weight is 320 g/mol. The molecule has 2 atom stereocenters. The second-order valence-corrected chi connectivity index (χ2v) is 6.58. The van der Waals surface area contributed by atoms with Crippen LogP contribution in [0.1, 0.15) is 45.1 Å². The smallest absolute Gasteiger partial charge is 0.319 e. The molecule has 1 aliphatic carbocycles. The number of benzene rings is 1. The number of hydrogen-bond acceptors (Lipinski definition) is 3. The number of ether oxygens (including phenoxy) is 1. The molecule has 2 rings (SSSR count). The van der Waals surface area contributed by atoms with Gasteiger partial charge < -0.3 is 20.5 Å². The summed E-state index contributed by atoms with van der Waals surface area (Å²) in [6.45, 7) is 5.14. The Bertz CT molecular complexity index is 505. The minimum Gasteiger partial charge on any atom is -0.393 e. The lowest BCUT2D eigenvalue weighted by atomic mass is 9.87. The van der Waals surface area contributed by atoms with Gasteiger partial charge >= 0.3 is 6.03 Å². The molecule has 1 aromatic carbocycles. The van der Waals surface area contributed by atoms with Crippen LogP contribution in [0.15, 0.2) is 24.3 Å². The van der Waals surface area contributed by atoms with Gasteiger partial charge in [-0.2, -0.15) is 0 Å². The molecule has 0 saturated heterocycles. The summed E-state index contributed by atoms with van der Waals surface area (Å²) < 4.78 is 5.57. The average Bonchev–Trinajstić information content (AvgIpc) is 2.51. The second kappa shape index (κ2) is 8.89. The highest BCUT2D eigenvalue weighted by atomic mass is 16.5. The Morgan fingerprint density at radius 3 is 2.96 bits per heavy atom. The quantitative estimate of drug-likeness (QED) is 0.753. The number of rotatable bonds is 6. The number of nitrogens with one attached hydrogen (secondary N) is 2. The molecule has 128 valence electrons. The summed E-state index contributed by atoms with van der Waals surface area (Å²) in [5.41, 5.74) is 1.79. The summed E-state index contributed by atoms with van der Waals surface area (Å²) in [6.07, 6.45) is 3.74. The van der Waals surface area contributed by atoms with Gasteiger partial charge in [-0.3, -0.25) is 0 Å². The van der Waals surface area contributed by atoms with Crippen LogP contribution in [-0.2, 0) is 11.3 Å². The Balaban J connectivity index is 1.77. The van der Waals surface area contributed by atoms with E-state index in [1.807, 2.05) is 38.1 Å². The van der Waals surface area contributed by atoms with Crippen molar-refractivity contribution in [3.63, 3.8) is 0 Å². The van der Waals surface area contributed by atoms with Crippen LogP contribution in [0.4, 0.5) is 10.5 Å². The molecule has 0 radical (unpaired) electrons. The fourth-order valence-electron chi connectivity index (χ4n) is 2.86. The Labute approximate surface area is 138 Å². The van der Waals surface area contributed by atoms with E-state index in [1.54, 1.807) is 0 Å². The first kappa shape index (κ1) is 17.8. The standard InChI is InChI=1S/C18H28N2O3/c1-13(2)23-12-15-6-3-7-16(9-15)20-18(22)19-11-14-5-4-8-17(21)10-14/h3,6-7,9,13-14,17,21H,4-5,8,10-12H2,1-2H3,(H2,19,20,22). The maximum atomic E-state index is 12.0. The second-order valence-electron chi connectivity index (χ2n) is 6.58. The molecule has 1 saturated carbocycles. The third-order valence-corrected chi connectivity index (χ3v) is 4.07. The van der Waals surface area contributed by atoms with E-state index in [-0.39, 0.29) is 18.2 Å². The van der Waals surface area contributed by atoms with Crippen molar-refractivity contribution in [1.82, 2.24) is 5.32 Å². The number of aliphatic hydroxyl groups is 1. The number of hydrogen-bond donors (Lipinski definition) is 3. The van der Waals surface area contributed by atoms with Crippen molar-refractivity contribution in [2.75, 3.05) is 11.9 Å². The van der Waals surface area contributed by atoms with E-state index >= 15 is 0 Å². The Hall–Kier alpha value is -1.59. The minimum absolute atomic E-state index is 0.181. The van der Waals surface area contributed by atoms with Crippen molar-refractivity contribution in [1.29, 1.82) is 0 Å². The number of urea groups is 1. The molecule has 1 fully saturated rings. The lowest BCUT2D eigenvalue weighted by Gasteiger charge is -2.25. The lowest BCUT2D eigenvalue weighted by molar-refractivity contribution is 0.0657. The predicted molar refractivity (Wildman–Crippen MR) is 91.4 cm³/mol. The van der Waals surface area contributed by atoms with Gasteiger partial charge in [-0.1, -0.05) is 18.6 Å². The molecule has 5 nitrogen and oxygen atoms in total. The largest absolute Gasteiger partial charge is 0.393 e. The highest BCUT2D eigenvalue weighted by Gasteiger charge is 2.20. The Kier molecular flexibility index (Phi) is 6.86. The van der Waals surface area contributed by atoms with Crippen LogP contribution in [-0.4, -0.2) is 29.9 Å². The van der Waals surface area contributed by atoms with Crippen LogP contribution in [0.3, 0.4) is 0 Å². The summed E-state index contributed by atoms with van der Waals surface area (Å²) in [4.78, 5) is 12.0. The predicted octanol–water partition coefficient (Wildman–Crippen LogP) is 3.28. The molecule has 0 aromatic heterocycles. The maximum Gasteiger partial charge on any atom is 0.319 e. The SMILES string of the molecule is CC(C)OCc1cccc(NC(=O)NCC2CCCC(O)C2)c1. The number of aliphatic hydroxyl groups excluding tert-OH is 1. The van der Waals surface area contributed by atoms with Crippen molar-refractivity contribution in [3.8, 4) is 0 Å². The molecule has 0 spiro atoms. The van der Waals surface area contributed by atoms with Crippen molar-refractivity contribution >= 4 is 11.7 Å². The van der Waals surface area contributed by atoms with E-state index in [4.69, 9.17) is 4.74 Å². The van der Waals surface area contributed by atoms with Gasteiger partial charge in [0.1, 0.15) is 0 Å². The number of carbonyl (C=O) groups excluding carboxylic acids is 1. The molecule has 0 aliphatic heterocycles. The van der Waals surface area contributed by atoms with E-state index in [0.29, 0.717) is 19.1 Å². The van der Waals surface area contributed by atoms with Gasteiger partial charge in [-0.05, 0) is 56.7 Å². The Morgan fingerprint density at radius 2 is 2.22 bits per heavy atom. The topological polar surface area (TPSA) is 70.6 Å². The maximum absolute atomic E-state index is 12.0. The number of amides is 2. The van der Waals surface area contributed by atoms with Crippen LogP contribution in [0, 0.1) is 5.92 Å². The first-order chi connectivity index (χ1) is 11.0. The van der Waals surface area contributed by atoms with Gasteiger partial charge in [0, 0.05) is 12.2 Å². The molecule has 2 unspecified atom stereocenters. The molecule has 1 aliphatic rings. The molecule has 5 heteroatoms. The van der Waals surface area contributed by atoms with Gasteiger partial charge in [0.15, 0.2) is 0 Å². The summed E-state index contributed by atoms with van der Waals surface area (Å²) in [5, 5.41) is 15.4. The lowest BCUT2D eigenvalue weighted by Crippen LogP contribution is -2.35. The van der Waals surface area contributed by atoms with Gasteiger partial charge in [0.2, 0.25) is 0 Å². The molecular weight excluding hydrogens is 292 g/mol. The first-order valence-corrected chi connectivity index (χ1v) is 8.46. The molecule has 3 N–H and O–H groups in total. The molecule has 23 heavy (non-hydrogen) atoms. The first-order valence-electron chi connectivity index (χ1n) is 8.46. The van der Waals surface area contributed by atoms with E-state index in [0.717, 1.165) is 36.9 Å². The van der Waals surface area contributed by atoms with Gasteiger partial charge in [0.05, 0.1) is 18.8 Å². The van der Waals surface area contributed by atoms with Crippen molar-refractivity contribution in [3.05, 3.63) is 29.8 Å². The molecule has 1 aromatic rings. The fraction of sp³-hybridized carbons (Fsp3) is 0.611. The van der Waals surface area contributed by atoms with E-state index in [9.17, 15) is 9.90 Å². The highest BCUT2D eigenvalue weighted by Crippen LogP contribution is 2.23. The number of carbonyl (C=O) groups is 1. The van der Waals surface area contributed by atoms with Crippen LogP contribution in [0.5, 0.6) is 0 Å². The zero-order valence-electron chi connectivity index (χ0n) is 14.0. The monoisotopic (exact) mass is 320 g/mol. The van der Waals surface area contributed by atoms with Gasteiger partial charge in [-0.25, -0.2) is 4.79 Å². The summed E-state index contributed by atoms with van der Waals surface area (Å²) >= 11 is 0. The molecular formula is C18H28N2O3. The van der Waals surface area contributed by atoms with Crippen LogP contribution in [0.25, 0.3) is 0 Å². The normalized spacial score (nSPS) is 21.2. The fourth-order valence-corrected chi connectivity index (χ4v) is 2.86. The highest BCUT2D eigenvalue weighted by molar-refractivity contribution is 5.89. The van der Waals surface area contributed by atoms with E-state index < -0.39 is 0 Å².